The van der Waals surface area contributed by atoms with Crippen LogP contribution in [0.4, 0.5) is 0 Å². The summed E-state index contributed by atoms with van der Waals surface area (Å²) in [7, 11) is 1.73. The number of fused-ring (bicyclic) bond motifs is 3. The van der Waals surface area contributed by atoms with Gasteiger partial charge in [0.25, 0.3) is 0 Å². The Labute approximate surface area is 187 Å². The van der Waals surface area contributed by atoms with Crippen LogP contribution in [-0.2, 0) is 29.0 Å². The third-order valence-electron chi connectivity index (χ3n) is 6.41. The van der Waals surface area contributed by atoms with Gasteiger partial charge in [0.15, 0.2) is 0 Å². The summed E-state index contributed by atoms with van der Waals surface area (Å²) < 4.78 is 13.3. The van der Waals surface area contributed by atoms with Crippen LogP contribution in [0.25, 0.3) is 33.1 Å². The van der Waals surface area contributed by atoms with E-state index in [1.807, 2.05) is 24.4 Å². The fourth-order valence-electron chi connectivity index (χ4n) is 4.66. The van der Waals surface area contributed by atoms with Crippen molar-refractivity contribution < 1.29 is 14.6 Å². The Kier molecular flexibility index (Phi) is 6.17. The van der Waals surface area contributed by atoms with E-state index in [0.29, 0.717) is 12.5 Å². The number of benzene rings is 2. The lowest BCUT2D eigenvalue weighted by Gasteiger charge is -2.23. The van der Waals surface area contributed by atoms with E-state index < -0.39 is 0 Å². The van der Waals surface area contributed by atoms with Crippen molar-refractivity contribution in [1.29, 1.82) is 0 Å². The largest absolute Gasteiger partial charge is 0.392 e. The van der Waals surface area contributed by atoms with Crippen LogP contribution in [0.15, 0.2) is 48.7 Å². The van der Waals surface area contributed by atoms with Crippen molar-refractivity contribution in [3.63, 3.8) is 0 Å². The average molecular weight is 432 g/mol. The van der Waals surface area contributed by atoms with Crippen molar-refractivity contribution in [1.82, 2.24) is 14.5 Å². The molecule has 3 heterocycles. The minimum atomic E-state index is 0.0357. The normalized spacial score (nSPS) is 15.1. The summed E-state index contributed by atoms with van der Waals surface area (Å²) in [6.07, 6.45) is 4.81. The lowest BCUT2D eigenvalue weighted by molar-refractivity contribution is 0.0612. The molecular weight excluding hydrogens is 402 g/mol. The number of methoxy groups -OCH3 is 1. The smallest absolute Gasteiger partial charge is 0.112 e. The Morgan fingerprint density at radius 1 is 1.09 bits per heavy atom. The van der Waals surface area contributed by atoms with Crippen LogP contribution in [0, 0.1) is 5.92 Å². The van der Waals surface area contributed by atoms with Gasteiger partial charge in [-0.1, -0.05) is 24.3 Å². The molecule has 6 heteroatoms. The predicted molar refractivity (Wildman–Crippen MR) is 126 cm³/mol. The standard InChI is InChI=1S/C26H29N3O3/c1-31-10-9-25-28-24-15-27-23-6-5-21(20-4-2-3-19(13-20)17-30)14-22(23)26(24)29(25)16-18-7-11-32-12-8-18/h2-6,13-15,18,30H,7-12,16-17H2,1H3. The zero-order chi connectivity index (χ0) is 21.9. The Hall–Kier alpha value is -2.80. The van der Waals surface area contributed by atoms with Gasteiger partial charge in [-0.3, -0.25) is 4.98 Å². The molecule has 0 unspecified atom stereocenters. The first-order valence-corrected chi connectivity index (χ1v) is 11.3. The molecule has 5 rings (SSSR count). The molecule has 6 nitrogen and oxygen atoms in total. The zero-order valence-electron chi connectivity index (χ0n) is 18.5. The van der Waals surface area contributed by atoms with Gasteiger partial charge in [0.05, 0.1) is 30.4 Å². The minimum absolute atomic E-state index is 0.0357. The number of hydrogen-bond acceptors (Lipinski definition) is 5. The third-order valence-corrected chi connectivity index (χ3v) is 6.41. The number of hydrogen-bond donors (Lipinski definition) is 1. The second kappa shape index (κ2) is 9.36. The van der Waals surface area contributed by atoms with Crippen molar-refractivity contribution in [2.75, 3.05) is 26.9 Å². The highest BCUT2D eigenvalue weighted by molar-refractivity contribution is 6.04. The molecular formula is C26H29N3O3. The fourth-order valence-corrected chi connectivity index (χ4v) is 4.66. The zero-order valence-corrected chi connectivity index (χ0v) is 18.5. The molecule has 32 heavy (non-hydrogen) atoms. The van der Waals surface area contributed by atoms with E-state index >= 15 is 0 Å². The molecule has 0 aliphatic carbocycles. The van der Waals surface area contributed by atoms with Gasteiger partial charge >= 0.3 is 0 Å². The second-order valence-electron chi connectivity index (χ2n) is 8.52. The molecule has 1 saturated heterocycles. The number of ether oxygens (including phenoxy) is 2. The highest BCUT2D eigenvalue weighted by atomic mass is 16.5. The molecule has 0 spiro atoms. The van der Waals surface area contributed by atoms with Crippen LogP contribution in [0.5, 0.6) is 0 Å². The number of imidazole rings is 1. The summed E-state index contributed by atoms with van der Waals surface area (Å²) >= 11 is 0. The Bertz CT molecular complexity index is 1230. The van der Waals surface area contributed by atoms with E-state index in [4.69, 9.17) is 19.4 Å². The van der Waals surface area contributed by atoms with Gasteiger partial charge in [-0.05, 0) is 53.6 Å². The lowest BCUT2D eigenvalue weighted by atomic mass is 9.99. The summed E-state index contributed by atoms with van der Waals surface area (Å²) in [6.45, 7) is 3.27. The maximum atomic E-state index is 9.55. The predicted octanol–water partition coefficient (Wildman–Crippen LogP) is 4.36. The van der Waals surface area contributed by atoms with Crippen LogP contribution in [-0.4, -0.2) is 46.6 Å². The highest BCUT2D eigenvalue weighted by Crippen LogP contribution is 2.31. The summed E-state index contributed by atoms with van der Waals surface area (Å²) in [5.74, 6) is 1.63. The van der Waals surface area contributed by atoms with Gasteiger partial charge in [-0.2, -0.15) is 0 Å². The van der Waals surface area contributed by atoms with Gasteiger partial charge in [-0.25, -0.2) is 4.98 Å². The van der Waals surface area contributed by atoms with E-state index in [-0.39, 0.29) is 6.61 Å². The quantitative estimate of drug-likeness (QED) is 0.471. The second-order valence-corrected chi connectivity index (χ2v) is 8.52. The molecule has 0 bridgehead atoms. The van der Waals surface area contributed by atoms with E-state index in [1.165, 1.54) is 0 Å². The van der Waals surface area contributed by atoms with E-state index in [2.05, 4.69) is 28.8 Å². The number of aliphatic hydroxyl groups excluding tert-OH is 1. The molecule has 0 atom stereocenters. The highest BCUT2D eigenvalue weighted by Gasteiger charge is 2.20. The summed E-state index contributed by atoms with van der Waals surface area (Å²) in [5.41, 5.74) is 6.14. The topological polar surface area (TPSA) is 69.4 Å². The van der Waals surface area contributed by atoms with Gasteiger partial charge < -0.3 is 19.1 Å². The monoisotopic (exact) mass is 431 g/mol. The first kappa shape index (κ1) is 21.1. The molecule has 2 aromatic heterocycles. The minimum Gasteiger partial charge on any atom is -0.392 e. The fraction of sp³-hybridized carbons (Fsp3) is 0.385. The van der Waals surface area contributed by atoms with Crippen LogP contribution in [0.3, 0.4) is 0 Å². The van der Waals surface area contributed by atoms with Crippen molar-refractivity contribution in [3.8, 4) is 11.1 Å². The Morgan fingerprint density at radius 3 is 2.75 bits per heavy atom. The molecule has 166 valence electrons. The number of aliphatic hydroxyl groups is 1. The Balaban J connectivity index is 1.66. The molecule has 4 aromatic rings. The first-order valence-electron chi connectivity index (χ1n) is 11.3. The molecule has 1 aliphatic heterocycles. The molecule has 2 aromatic carbocycles. The molecule has 1 aliphatic rings. The molecule has 0 saturated carbocycles. The molecule has 0 amide bonds. The summed E-state index contributed by atoms with van der Waals surface area (Å²) in [6, 6.07) is 14.4. The number of rotatable bonds is 7. The number of aromatic nitrogens is 3. The molecule has 0 radical (unpaired) electrons. The SMILES string of the molecule is COCCc1nc2cnc3ccc(-c4cccc(CO)c4)cc3c2n1CC1CCOCC1. The lowest BCUT2D eigenvalue weighted by Crippen LogP contribution is -2.21. The van der Waals surface area contributed by atoms with Crippen molar-refractivity contribution in [2.45, 2.75) is 32.4 Å². The summed E-state index contributed by atoms with van der Waals surface area (Å²) in [5, 5.41) is 10.7. The maximum absolute atomic E-state index is 9.55. The van der Waals surface area contributed by atoms with E-state index in [0.717, 1.165) is 83.5 Å². The summed E-state index contributed by atoms with van der Waals surface area (Å²) in [4.78, 5) is 9.64. The molecule has 1 fully saturated rings. The van der Waals surface area contributed by atoms with Crippen LogP contribution in [0.2, 0.25) is 0 Å². The molecule has 1 N–H and O–H groups in total. The van der Waals surface area contributed by atoms with E-state index in [9.17, 15) is 5.11 Å². The van der Waals surface area contributed by atoms with Crippen molar-refractivity contribution in [2.24, 2.45) is 5.92 Å². The van der Waals surface area contributed by atoms with Crippen LogP contribution < -0.4 is 0 Å². The van der Waals surface area contributed by atoms with Crippen molar-refractivity contribution in [3.05, 3.63) is 60.0 Å². The van der Waals surface area contributed by atoms with E-state index in [1.54, 1.807) is 7.11 Å². The van der Waals surface area contributed by atoms with Crippen LogP contribution in [0.1, 0.15) is 24.2 Å². The van der Waals surface area contributed by atoms with Crippen LogP contribution >= 0.6 is 0 Å². The maximum Gasteiger partial charge on any atom is 0.112 e. The number of nitrogens with zero attached hydrogens (tertiary/aromatic N) is 3. The Morgan fingerprint density at radius 2 is 1.94 bits per heavy atom. The third kappa shape index (κ3) is 4.13. The van der Waals surface area contributed by atoms with Gasteiger partial charge in [0.1, 0.15) is 11.3 Å². The van der Waals surface area contributed by atoms with Gasteiger partial charge in [0.2, 0.25) is 0 Å². The van der Waals surface area contributed by atoms with Gasteiger partial charge in [-0.15, -0.1) is 0 Å². The average Bonchev–Trinajstić information content (AvgIpc) is 3.20. The van der Waals surface area contributed by atoms with Gasteiger partial charge in [0, 0.05) is 38.7 Å². The van der Waals surface area contributed by atoms with Crippen molar-refractivity contribution >= 4 is 21.9 Å². The first-order chi connectivity index (χ1) is 15.8. The number of pyridine rings is 1.